The van der Waals surface area contributed by atoms with E-state index in [1.54, 1.807) is 62.4 Å². The van der Waals surface area contributed by atoms with Crippen LogP contribution in [0.1, 0.15) is 20.3 Å². The zero-order valence-electron chi connectivity index (χ0n) is 20.1. The van der Waals surface area contributed by atoms with E-state index >= 15 is 0 Å². The Balaban J connectivity index is 2.03. The Hall–Kier alpha value is -3.19. The van der Waals surface area contributed by atoms with Gasteiger partial charge in [0, 0.05) is 27.4 Å². The molecular formula is C25H28IN3O7. The van der Waals surface area contributed by atoms with Crippen molar-refractivity contribution in [1.82, 2.24) is 5.43 Å². The van der Waals surface area contributed by atoms with Crippen LogP contribution in [0.3, 0.4) is 0 Å². The number of halogens is 1. The van der Waals surface area contributed by atoms with Gasteiger partial charge >= 0.3 is 11.9 Å². The van der Waals surface area contributed by atoms with Crippen molar-refractivity contribution in [2.45, 2.75) is 26.3 Å². The Morgan fingerprint density at radius 3 is 2.31 bits per heavy atom. The van der Waals surface area contributed by atoms with Crippen molar-refractivity contribution in [2.75, 3.05) is 30.6 Å². The van der Waals surface area contributed by atoms with Crippen molar-refractivity contribution in [3.8, 4) is 5.75 Å². The summed E-state index contributed by atoms with van der Waals surface area (Å²) in [5.41, 5.74) is 4.05. The van der Waals surface area contributed by atoms with E-state index in [-0.39, 0.29) is 19.6 Å². The van der Waals surface area contributed by atoms with E-state index in [0.29, 0.717) is 17.1 Å². The minimum atomic E-state index is -2.39. The minimum Gasteiger partial charge on any atom is -0.497 e. The molecule has 0 bridgehead atoms. The summed E-state index contributed by atoms with van der Waals surface area (Å²) >= 11 is 2.12. The molecule has 3 unspecified atom stereocenters. The molecule has 0 saturated carbocycles. The van der Waals surface area contributed by atoms with Gasteiger partial charge in [0.25, 0.3) is 5.91 Å². The number of hydrogen-bond donors (Lipinski definition) is 3. The normalized spacial score (nSPS) is 20.6. The predicted molar refractivity (Wildman–Crippen MR) is 141 cm³/mol. The van der Waals surface area contributed by atoms with Gasteiger partial charge in [0.2, 0.25) is 5.78 Å². The standard InChI is InChI=1S/C25H28IN3O7/c1-4-15-14-29(18-10-6-16(26)7-11-18)22(31)21(30)25(15,24(33)34)20(23(32)36-5-2)28-27-17-8-12-19(35-3)13-9-17/h6-13,15,20,27-28H,4-5,14H2,1-3H3,(H,33,34). The van der Waals surface area contributed by atoms with Gasteiger partial charge in [-0.3, -0.25) is 19.2 Å². The fourth-order valence-electron chi connectivity index (χ4n) is 4.40. The lowest BCUT2D eigenvalue weighted by Gasteiger charge is -2.45. The third kappa shape index (κ3) is 5.16. The van der Waals surface area contributed by atoms with Gasteiger partial charge in [0.15, 0.2) is 5.41 Å². The number of ketones is 1. The number of ether oxygens (including phenoxy) is 2. The molecule has 192 valence electrons. The second-order valence-corrected chi connectivity index (χ2v) is 9.43. The van der Waals surface area contributed by atoms with E-state index < -0.39 is 41.0 Å². The SMILES string of the molecule is CCOC(=O)C(NNc1ccc(OC)cc1)C1(C(=O)O)C(=O)C(=O)N(c2ccc(I)cc2)CC1CC. The number of carboxylic acid groups (broad SMARTS) is 1. The van der Waals surface area contributed by atoms with E-state index in [9.17, 15) is 24.3 Å². The highest BCUT2D eigenvalue weighted by Gasteiger charge is 2.65. The molecule has 36 heavy (non-hydrogen) atoms. The third-order valence-corrected chi connectivity index (χ3v) is 6.99. The zero-order valence-corrected chi connectivity index (χ0v) is 22.3. The van der Waals surface area contributed by atoms with Crippen LogP contribution in [-0.2, 0) is 23.9 Å². The number of amides is 1. The molecule has 3 N–H and O–H groups in total. The Morgan fingerprint density at radius 1 is 1.14 bits per heavy atom. The smallest absolute Gasteiger partial charge is 0.326 e. The van der Waals surface area contributed by atoms with E-state index in [1.165, 1.54) is 12.0 Å². The molecule has 1 heterocycles. The second-order valence-electron chi connectivity index (χ2n) is 8.18. The van der Waals surface area contributed by atoms with Crippen molar-refractivity contribution in [1.29, 1.82) is 0 Å². The highest BCUT2D eigenvalue weighted by molar-refractivity contribution is 14.1. The first-order valence-corrected chi connectivity index (χ1v) is 12.5. The molecule has 1 fully saturated rings. The van der Waals surface area contributed by atoms with Crippen molar-refractivity contribution in [3.05, 3.63) is 52.1 Å². The van der Waals surface area contributed by atoms with Crippen LogP contribution in [-0.4, -0.2) is 55.0 Å². The van der Waals surface area contributed by atoms with Crippen LogP contribution < -0.4 is 20.5 Å². The fourth-order valence-corrected chi connectivity index (χ4v) is 4.76. The lowest BCUT2D eigenvalue weighted by atomic mass is 9.63. The summed E-state index contributed by atoms with van der Waals surface area (Å²) in [7, 11) is 1.52. The largest absolute Gasteiger partial charge is 0.497 e. The molecular weight excluding hydrogens is 581 g/mol. The second kappa shape index (κ2) is 11.7. The van der Waals surface area contributed by atoms with Gasteiger partial charge < -0.3 is 24.9 Å². The molecule has 1 aliphatic heterocycles. The first-order chi connectivity index (χ1) is 17.2. The molecule has 3 atom stereocenters. The monoisotopic (exact) mass is 609 g/mol. The van der Waals surface area contributed by atoms with Gasteiger partial charge in [0.05, 0.1) is 13.7 Å². The van der Waals surface area contributed by atoms with Gasteiger partial charge in [-0.05, 0) is 84.5 Å². The number of nitrogens with zero attached hydrogens (tertiary/aromatic N) is 1. The summed E-state index contributed by atoms with van der Waals surface area (Å²) in [5.74, 6) is -5.00. The van der Waals surface area contributed by atoms with Gasteiger partial charge in [0.1, 0.15) is 11.8 Å². The Kier molecular flexibility index (Phi) is 8.90. The number of methoxy groups -OCH3 is 1. The van der Waals surface area contributed by atoms with Crippen LogP contribution in [0.2, 0.25) is 0 Å². The number of benzene rings is 2. The van der Waals surface area contributed by atoms with Crippen LogP contribution in [0.15, 0.2) is 48.5 Å². The number of Topliss-reactive ketones (excluding diaryl/α,β-unsaturated/α-hetero) is 1. The van der Waals surface area contributed by atoms with Crippen molar-refractivity contribution in [2.24, 2.45) is 11.3 Å². The Labute approximate surface area is 222 Å². The van der Waals surface area contributed by atoms with Crippen LogP contribution in [0.5, 0.6) is 5.75 Å². The van der Waals surface area contributed by atoms with Crippen LogP contribution >= 0.6 is 22.6 Å². The molecule has 2 aromatic rings. The van der Waals surface area contributed by atoms with Crippen molar-refractivity contribution >= 4 is 57.6 Å². The third-order valence-electron chi connectivity index (χ3n) is 6.28. The summed E-state index contributed by atoms with van der Waals surface area (Å²) < 4.78 is 11.2. The molecule has 1 amide bonds. The quantitative estimate of drug-likeness (QED) is 0.122. The van der Waals surface area contributed by atoms with Gasteiger partial charge in [-0.1, -0.05) is 6.92 Å². The van der Waals surface area contributed by atoms with E-state index in [2.05, 4.69) is 33.4 Å². The molecule has 3 rings (SSSR count). The van der Waals surface area contributed by atoms with E-state index in [4.69, 9.17) is 9.47 Å². The molecule has 0 aromatic heterocycles. The van der Waals surface area contributed by atoms with Crippen LogP contribution in [0.4, 0.5) is 11.4 Å². The average Bonchev–Trinajstić information content (AvgIpc) is 2.87. The summed E-state index contributed by atoms with van der Waals surface area (Å²) in [4.78, 5) is 54.2. The molecule has 0 aliphatic carbocycles. The Bertz CT molecular complexity index is 1120. The number of hydrogen-bond acceptors (Lipinski definition) is 8. The number of nitrogens with one attached hydrogen (secondary N) is 2. The average molecular weight is 609 g/mol. The predicted octanol–water partition coefficient (Wildman–Crippen LogP) is 2.86. The number of piperidine rings is 1. The first kappa shape index (κ1) is 27.4. The molecule has 1 saturated heterocycles. The lowest BCUT2D eigenvalue weighted by Crippen LogP contribution is -2.70. The molecule has 11 heteroatoms. The summed E-state index contributed by atoms with van der Waals surface area (Å²) in [5, 5.41) is 10.4. The summed E-state index contributed by atoms with van der Waals surface area (Å²) in [6.07, 6.45) is 0.215. The maximum absolute atomic E-state index is 13.7. The number of hydrazine groups is 1. The number of anilines is 2. The van der Waals surface area contributed by atoms with Gasteiger partial charge in [-0.2, -0.15) is 0 Å². The lowest BCUT2D eigenvalue weighted by molar-refractivity contribution is -0.174. The molecule has 0 spiro atoms. The highest BCUT2D eigenvalue weighted by atomic mass is 127. The van der Waals surface area contributed by atoms with Crippen molar-refractivity contribution < 1.29 is 33.8 Å². The number of carboxylic acids is 1. The Morgan fingerprint density at radius 2 is 1.78 bits per heavy atom. The number of carbonyl (C=O) groups is 4. The minimum absolute atomic E-state index is 0.0387. The molecule has 2 aromatic carbocycles. The maximum atomic E-state index is 13.7. The van der Waals surface area contributed by atoms with Crippen LogP contribution in [0, 0.1) is 14.9 Å². The molecule has 1 aliphatic rings. The van der Waals surface area contributed by atoms with E-state index in [0.717, 1.165) is 3.57 Å². The molecule has 10 nitrogen and oxygen atoms in total. The first-order valence-electron chi connectivity index (χ1n) is 11.4. The number of aliphatic carboxylic acids is 1. The topological polar surface area (TPSA) is 134 Å². The van der Waals surface area contributed by atoms with E-state index in [1.807, 2.05) is 0 Å². The van der Waals surface area contributed by atoms with Gasteiger partial charge in [-0.25, -0.2) is 5.43 Å². The van der Waals surface area contributed by atoms with Gasteiger partial charge in [-0.15, -0.1) is 0 Å². The number of esters is 1. The number of rotatable bonds is 10. The summed E-state index contributed by atoms with van der Waals surface area (Å²) in [6.45, 7) is 3.19. The maximum Gasteiger partial charge on any atom is 0.326 e. The summed E-state index contributed by atoms with van der Waals surface area (Å²) in [6, 6.07) is 11.9. The number of carbonyl (C=O) groups excluding carboxylic acids is 3. The van der Waals surface area contributed by atoms with Crippen LogP contribution in [0.25, 0.3) is 0 Å². The fraction of sp³-hybridized carbons (Fsp3) is 0.360. The molecule has 0 radical (unpaired) electrons. The highest BCUT2D eigenvalue weighted by Crippen LogP contribution is 2.42. The van der Waals surface area contributed by atoms with Crippen molar-refractivity contribution in [3.63, 3.8) is 0 Å². The zero-order chi connectivity index (χ0) is 26.5.